The van der Waals surface area contributed by atoms with Crippen LogP contribution < -0.4 is 5.32 Å². The van der Waals surface area contributed by atoms with Crippen LogP contribution in [-0.2, 0) is 23.6 Å². The fourth-order valence-corrected chi connectivity index (χ4v) is 6.20. The molecule has 2 heterocycles. The molecule has 2 atom stereocenters. The van der Waals surface area contributed by atoms with Crippen molar-refractivity contribution >= 4 is 24.3 Å². The lowest BCUT2D eigenvalue weighted by Gasteiger charge is -2.46. The van der Waals surface area contributed by atoms with Gasteiger partial charge >= 0.3 is 18.4 Å². The molecule has 14 heteroatoms. The summed E-state index contributed by atoms with van der Waals surface area (Å²) in [5.74, 6) is -0.336. The van der Waals surface area contributed by atoms with Crippen LogP contribution in [0.1, 0.15) is 59.5 Å². The number of hydrogen-bond acceptors (Lipinski definition) is 3. The van der Waals surface area contributed by atoms with Gasteiger partial charge in [0.25, 0.3) is 0 Å². The van der Waals surface area contributed by atoms with Gasteiger partial charge in [0, 0.05) is 38.3 Å². The fourth-order valence-electron chi connectivity index (χ4n) is 6.20. The quantitative estimate of drug-likeness (QED) is 0.371. The highest BCUT2D eigenvalue weighted by molar-refractivity contribution is 5.85. The number of halogens is 8. The molecular formula is C30H34ClF7N4O2. The first-order valence-corrected chi connectivity index (χ1v) is 14.3. The molecule has 2 saturated heterocycles. The lowest BCUT2D eigenvalue weighted by molar-refractivity contribution is -0.143. The van der Waals surface area contributed by atoms with Gasteiger partial charge in [-0.25, -0.2) is 9.18 Å². The summed E-state index contributed by atoms with van der Waals surface area (Å²) in [5, 5.41) is 2.65. The van der Waals surface area contributed by atoms with Crippen molar-refractivity contribution < 1.29 is 40.3 Å². The fraction of sp³-hybridized carbons (Fsp3) is 0.533. The van der Waals surface area contributed by atoms with E-state index in [1.165, 1.54) is 12.1 Å². The van der Waals surface area contributed by atoms with Gasteiger partial charge in [0.15, 0.2) is 0 Å². The molecule has 3 fully saturated rings. The van der Waals surface area contributed by atoms with Gasteiger partial charge < -0.3 is 15.1 Å². The molecule has 0 radical (unpaired) electrons. The number of amides is 3. The minimum absolute atomic E-state index is 0. The lowest BCUT2D eigenvalue weighted by Crippen LogP contribution is -2.57. The summed E-state index contributed by atoms with van der Waals surface area (Å²) < 4.78 is 93.4. The zero-order valence-electron chi connectivity index (χ0n) is 24.0. The summed E-state index contributed by atoms with van der Waals surface area (Å²) in [5.41, 5.74) is -1.65. The second kappa shape index (κ2) is 13.1. The predicted molar refractivity (Wildman–Crippen MR) is 151 cm³/mol. The van der Waals surface area contributed by atoms with Gasteiger partial charge in [0.05, 0.1) is 23.7 Å². The maximum atomic E-state index is 13.9. The molecular weight excluding hydrogens is 617 g/mol. The minimum atomic E-state index is -4.96. The predicted octanol–water partition coefficient (Wildman–Crippen LogP) is 6.36. The van der Waals surface area contributed by atoms with Crippen molar-refractivity contribution in [1.82, 2.24) is 20.0 Å². The van der Waals surface area contributed by atoms with E-state index in [2.05, 4.69) is 10.2 Å². The Balaban J connectivity index is 0.00000442. The molecule has 2 aromatic rings. The van der Waals surface area contributed by atoms with Crippen molar-refractivity contribution in [2.75, 3.05) is 32.7 Å². The number of likely N-dealkylation sites (tertiary alicyclic amines) is 1. The normalized spacial score (nSPS) is 21.7. The number of alkyl halides is 6. The summed E-state index contributed by atoms with van der Waals surface area (Å²) in [7, 11) is 0. The van der Waals surface area contributed by atoms with Gasteiger partial charge in [-0.2, -0.15) is 26.3 Å². The Kier molecular flexibility index (Phi) is 10.1. The van der Waals surface area contributed by atoms with E-state index < -0.39 is 41.4 Å². The van der Waals surface area contributed by atoms with Crippen molar-refractivity contribution in [3.05, 3.63) is 70.0 Å². The Labute approximate surface area is 257 Å². The van der Waals surface area contributed by atoms with Crippen molar-refractivity contribution in [1.29, 1.82) is 0 Å². The standard InChI is InChI=1S/C30H33F7N4O2.ClH/c1-18-12-22(31)2-5-25(18)26-16-24(39-10-11-40(23-3-4-23)27(42)17-39)7-9-41(26)28(43)38-8-6-19-13-20(29(32,33)34)15-21(14-19)30(35,36)37;/h2,5,12-15,23-24,26H,3-4,6-11,16-17H2,1H3,(H,38,43);1H/t24-,26+;/m0./s1. The average molecular weight is 651 g/mol. The van der Waals surface area contributed by atoms with Crippen LogP contribution in [0.25, 0.3) is 0 Å². The van der Waals surface area contributed by atoms with Gasteiger partial charge in [0.1, 0.15) is 5.82 Å². The topological polar surface area (TPSA) is 55.9 Å². The van der Waals surface area contributed by atoms with Crippen molar-refractivity contribution in [2.45, 2.75) is 69.5 Å². The van der Waals surface area contributed by atoms with E-state index in [4.69, 9.17) is 0 Å². The maximum absolute atomic E-state index is 13.9. The van der Waals surface area contributed by atoms with Gasteiger partial charge in [-0.3, -0.25) is 9.69 Å². The van der Waals surface area contributed by atoms with Crippen LogP contribution in [0.4, 0.5) is 35.5 Å². The molecule has 0 aromatic heterocycles. The van der Waals surface area contributed by atoms with E-state index in [9.17, 15) is 40.3 Å². The largest absolute Gasteiger partial charge is 0.416 e. The van der Waals surface area contributed by atoms with Crippen LogP contribution in [0.5, 0.6) is 0 Å². The van der Waals surface area contributed by atoms with E-state index in [-0.39, 0.29) is 49.0 Å². The highest BCUT2D eigenvalue weighted by Crippen LogP contribution is 2.38. The molecule has 1 N–H and O–H groups in total. The number of nitrogens with zero attached hydrogens (tertiary/aromatic N) is 3. The lowest BCUT2D eigenvalue weighted by atomic mass is 9.88. The molecule has 1 aliphatic carbocycles. The van der Waals surface area contributed by atoms with E-state index in [0.29, 0.717) is 62.8 Å². The summed E-state index contributed by atoms with van der Waals surface area (Å²) in [6.07, 6.45) is -7.05. The second-order valence-corrected chi connectivity index (χ2v) is 11.6. The van der Waals surface area contributed by atoms with Crippen LogP contribution >= 0.6 is 12.4 Å². The number of piperazine rings is 1. The number of benzene rings is 2. The molecule has 0 spiro atoms. The molecule has 0 unspecified atom stereocenters. The van der Waals surface area contributed by atoms with Gasteiger partial charge in [0.2, 0.25) is 5.91 Å². The second-order valence-electron chi connectivity index (χ2n) is 11.6. The molecule has 2 aromatic carbocycles. The van der Waals surface area contributed by atoms with Gasteiger partial charge in [-0.05, 0) is 86.1 Å². The average Bonchev–Trinajstić information content (AvgIpc) is 3.77. The third-order valence-electron chi connectivity index (χ3n) is 8.55. The molecule has 242 valence electrons. The third kappa shape index (κ3) is 7.77. The highest BCUT2D eigenvalue weighted by atomic mass is 35.5. The SMILES string of the molecule is Cc1cc(F)ccc1[C@H]1C[C@@H](N2CCN(C3CC3)C(=O)C2)CCN1C(=O)NCCc1cc(C(F)(F)F)cc(C(F)(F)F)c1.Cl. The van der Waals surface area contributed by atoms with Crippen LogP contribution in [-0.4, -0.2) is 71.4 Å². The number of hydrogen-bond donors (Lipinski definition) is 1. The number of rotatable bonds is 6. The number of urea groups is 1. The Morgan fingerprint density at radius 2 is 1.57 bits per heavy atom. The first-order chi connectivity index (χ1) is 20.2. The van der Waals surface area contributed by atoms with E-state index >= 15 is 0 Å². The van der Waals surface area contributed by atoms with Crippen molar-refractivity contribution in [2.24, 2.45) is 0 Å². The number of aryl methyl sites for hydroxylation is 1. The van der Waals surface area contributed by atoms with E-state index in [1.807, 2.05) is 4.90 Å². The van der Waals surface area contributed by atoms with Crippen molar-refractivity contribution in [3.63, 3.8) is 0 Å². The van der Waals surface area contributed by atoms with Crippen LogP contribution in [0, 0.1) is 12.7 Å². The summed E-state index contributed by atoms with van der Waals surface area (Å²) in [6, 6.07) is 5.03. The summed E-state index contributed by atoms with van der Waals surface area (Å²) in [4.78, 5) is 31.8. The molecule has 2 aliphatic heterocycles. The van der Waals surface area contributed by atoms with E-state index in [0.717, 1.165) is 18.4 Å². The number of carbonyl (C=O) groups is 2. The molecule has 3 amide bonds. The molecule has 3 aliphatic rings. The Bertz CT molecular complexity index is 1330. The van der Waals surface area contributed by atoms with Crippen molar-refractivity contribution in [3.8, 4) is 0 Å². The number of nitrogens with one attached hydrogen (secondary N) is 1. The molecule has 44 heavy (non-hydrogen) atoms. The zero-order chi connectivity index (χ0) is 31.1. The first kappa shape index (κ1) is 33.8. The molecule has 6 nitrogen and oxygen atoms in total. The van der Waals surface area contributed by atoms with Gasteiger partial charge in [-0.15, -0.1) is 12.4 Å². The van der Waals surface area contributed by atoms with Crippen LogP contribution in [0.2, 0.25) is 0 Å². The highest BCUT2D eigenvalue weighted by Gasteiger charge is 2.41. The monoisotopic (exact) mass is 650 g/mol. The molecule has 5 rings (SSSR count). The minimum Gasteiger partial charge on any atom is -0.338 e. The van der Waals surface area contributed by atoms with Gasteiger partial charge in [-0.1, -0.05) is 6.07 Å². The third-order valence-corrected chi connectivity index (χ3v) is 8.55. The smallest absolute Gasteiger partial charge is 0.338 e. The zero-order valence-corrected chi connectivity index (χ0v) is 24.8. The summed E-state index contributed by atoms with van der Waals surface area (Å²) >= 11 is 0. The Hall–Kier alpha value is -3.06. The number of piperidine rings is 1. The van der Waals surface area contributed by atoms with E-state index in [1.54, 1.807) is 17.9 Å². The maximum Gasteiger partial charge on any atom is 0.416 e. The Morgan fingerprint density at radius 1 is 0.909 bits per heavy atom. The molecule has 0 bridgehead atoms. The Morgan fingerprint density at radius 3 is 2.14 bits per heavy atom. The van der Waals surface area contributed by atoms with Crippen LogP contribution in [0.15, 0.2) is 36.4 Å². The number of carbonyl (C=O) groups excluding carboxylic acids is 2. The first-order valence-electron chi connectivity index (χ1n) is 14.3. The molecule has 1 saturated carbocycles. The van der Waals surface area contributed by atoms with Crippen LogP contribution in [0.3, 0.4) is 0 Å². The summed E-state index contributed by atoms with van der Waals surface area (Å²) in [6.45, 7) is 3.50.